The molecule has 152 valence electrons. The third-order valence-electron chi connectivity index (χ3n) is 4.70. The molecule has 30 heavy (non-hydrogen) atoms. The molecule has 3 aromatic heterocycles. The number of nitrogens with zero attached hydrogens (tertiary/aromatic N) is 3. The van der Waals surface area contributed by atoms with Crippen LogP contribution in [-0.4, -0.2) is 32.0 Å². The summed E-state index contributed by atoms with van der Waals surface area (Å²) in [5.41, 5.74) is 3.26. The average Bonchev–Trinajstić information content (AvgIpc) is 3.36. The van der Waals surface area contributed by atoms with Crippen molar-refractivity contribution in [2.45, 2.75) is 26.2 Å². The van der Waals surface area contributed by atoms with Crippen LogP contribution in [0.1, 0.15) is 36.7 Å². The highest BCUT2D eigenvalue weighted by Crippen LogP contribution is 2.29. The monoisotopic (exact) mass is 403 g/mol. The van der Waals surface area contributed by atoms with E-state index >= 15 is 0 Å². The van der Waals surface area contributed by atoms with Gasteiger partial charge in [0.15, 0.2) is 11.5 Å². The van der Waals surface area contributed by atoms with Gasteiger partial charge in [0.05, 0.1) is 17.5 Å². The first-order valence-corrected chi connectivity index (χ1v) is 9.41. The summed E-state index contributed by atoms with van der Waals surface area (Å²) in [7, 11) is 0. The number of rotatable bonds is 5. The van der Waals surface area contributed by atoms with Crippen LogP contribution in [0.25, 0.3) is 17.0 Å². The lowest BCUT2D eigenvalue weighted by Gasteiger charge is -2.20. The molecule has 0 atom stereocenters. The lowest BCUT2D eigenvalue weighted by molar-refractivity contribution is -0.120. The zero-order valence-electron chi connectivity index (χ0n) is 16.8. The molecule has 0 aliphatic rings. The number of carbonyl (C=O) groups is 2. The van der Waals surface area contributed by atoms with Crippen LogP contribution in [0.2, 0.25) is 0 Å². The lowest BCUT2D eigenvalue weighted by Crippen LogP contribution is -2.16. The summed E-state index contributed by atoms with van der Waals surface area (Å²) >= 11 is 0. The standard InChI is InChI=1S/C22H21N5O3/c1-22(2,3)14-6-7-15(18(11-14)30-13-28)21(29)25-19-12-27-20(24-19)9-8-17(26-27)16-5-4-10-23-16/h4-13,23H,1-3H3,(H,25,29). The first kappa shape index (κ1) is 19.4. The van der Waals surface area contributed by atoms with Crippen LogP contribution in [0.15, 0.2) is 54.9 Å². The molecule has 0 fully saturated rings. The van der Waals surface area contributed by atoms with Gasteiger partial charge in [-0.2, -0.15) is 5.10 Å². The molecule has 8 heteroatoms. The highest BCUT2D eigenvalue weighted by atomic mass is 16.5. The molecule has 8 nitrogen and oxygen atoms in total. The van der Waals surface area contributed by atoms with Crippen molar-refractivity contribution >= 4 is 23.8 Å². The largest absolute Gasteiger partial charge is 0.428 e. The van der Waals surface area contributed by atoms with Crippen LogP contribution < -0.4 is 10.1 Å². The van der Waals surface area contributed by atoms with Crippen LogP contribution in [-0.2, 0) is 10.2 Å². The van der Waals surface area contributed by atoms with Crippen molar-refractivity contribution in [3.63, 3.8) is 0 Å². The van der Waals surface area contributed by atoms with Crippen LogP contribution in [0.3, 0.4) is 0 Å². The topological polar surface area (TPSA) is 101 Å². The third kappa shape index (κ3) is 3.80. The number of amides is 1. The molecule has 0 spiro atoms. The predicted molar refractivity (Wildman–Crippen MR) is 113 cm³/mol. The summed E-state index contributed by atoms with van der Waals surface area (Å²) in [6.45, 7) is 6.43. The van der Waals surface area contributed by atoms with Crippen LogP contribution in [0, 0.1) is 0 Å². The second-order valence-corrected chi connectivity index (χ2v) is 7.86. The number of benzene rings is 1. The number of ether oxygens (including phenoxy) is 1. The second kappa shape index (κ2) is 7.47. The van der Waals surface area contributed by atoms with Gasteiger partial charge >= 0.3 is 0 Å². The van der Waals surface area contributed by atoms with E-state index in [4.69, 9.17) is 4.74 Å². The van der Waals surface area contributed by atoms with Gasteiger partial charge in [-0.15, -0.1) is 0 Å². The number of anilines is 1. The number of imidazole rings is 1. The van der Waals surface area contributed by atoms with Gasteiger partial charge in [0.1, 0.15) is 11.4 Å². The SMILES string of the molecule is CC(C)(C)c1ccc(C(=O)Nc2cn3nc(-c4ccc[nH]4)ccc3n2)c(OC=O)c1. The fourth-order valence-electron chi connectivity index (χ4n) is 3.09. The molecule has 0 radical (unpaired) electrons. The zero-order chi connectivity index (χ0) is 21.3. The fourth-order valence-corrected chi connectivity index (χ4v) is 3.09. The molecule has 1 aromatic carbocycles. The van der Waals surface area contributed by atoms with Crippen molar-refractivity contribution in [3.8, 4) is 17.1 Å². The Balaban J connectivity index is 1.62. The number of nitrogens with one attached hydrogen (secondary N) is 2. The van der Waals surface area contributed by atoms with Gasteiger partial charge in [-0.05, 0) is 47.4 Å². The molecule has 0 aliphatic heterocycles. The fraction of sp³-hybridized carbons (Fsp3) is 0.182. The summed E-state index contributed by atoms with van der Waals surface area (Å²) in [4.78, 5) is 31.2. The predicted octanol–water partition coefficient (Wildman–Crippen LogP) is 3.81. The molecule has 0 bridgehead atoms. The van der Waals surface area contributed by atoms with Gasteiger partial charge < -0.3 is 15.0 Å². The summed E-state index contributed by atoms with van der Waals surface area (Å²) in [6, 6.07) is 12.7. The first-order valence-electron chi connectivity index (χ1n) is 9.41. The number of hydrogen-bond donors (Lipinski definition) is 2. The summed E-state index contributed by atoms with van der Waals surface area (Å²) < 4.78 is 6.66. The molecule has 3 heterocycles. The molecule has 0 unspecified atom stereocenters. The maximum atomic E-state index is 12.8. The van der Waals surface area contributed by atoms with Crippen molar-refractivity contribution < 1.29 is 14.3 Å². The van der Waals surface area contributed by atoms with E-state index in [0.717, 1.165) is 17.0 Å². The van der Waals surface area contributed by atoms with E-state index in [2.05, 4.69) is 20.4 Å². The Morgan fingerprint density at radius 2 is 2.03 bits per heavy atom. The minimum Gasteiger partial charge on any atom is -0.428 e. The zero-order valence-corrected chi connectivity index (χ0v) is 16.8. The minimum atomic E-state index is -0.430. The maximum Gasteiger partial charge on any atom is 0.298 e. The van der Waals surface area contributed by atoms with E-state index in [9.17, 15) is 9.59 Å². The normalized spacial score (nSPS) is 11.4. The van der Waals surface area contributed by atoms with E-state index in [-0.39, 0.29) is 16.7 Å². The van der Waals surface area contributed by atoms with Gasteiger partial charge in [0, 0.05) is 6.20 Å². The summed E-state index contributed by atoms with van der Waals surface area (Å²) in [5.74, 6) is 0.110. The Labute approximate surface area is 172 Å². The van der Waals surface area contributed by atoms with Gasteiger partial charge in [-0.25, -0.2) is 9.50 Å². The van der Waals surface area contributed by atoms with E-state index in [0.29, 0.717) is 17.9 Å². The van der Waals surface area contributed by atoms with Crippen molar-refractivity contribution in [2.75, 3.05) is 5.32 Å². The molecule has 0 saturated carbocycles. The number of aromatic amines is 1. The first-order chi connectivity index (χ1) is 14.3. The summed E-state index contributed by atoms with van der Waals surface area (Å²) in [5, 5.41) is 7.25. The van der Waals surface area contributed by atoms with Gasteiger partial charge in [-0.1, -0.05) is 26.8 Å². The Morgan fingerprint density at radius 1 is 1.20 bits per heavy atom. The second-order valence-electron chi connectivity index (χ2n) is 7.86. The van der Waals surface area contributed by atoms with Crippen molar-refractivity contribution in [2.24, 2.45) is 0 Å². The van der Waals surface area contributed by atoms with Gasteiger partial charge in [0.2, 0.25) is 0 Å². The average molecular weight is 403 g/mol. The molecular weight excluding hydrogens is 382 g/mol. The van der Waals surface area contributed by atoms with Gasteiger partial charge in [0.25, 0.3) is 12.4 Å². The highest BCUT2D eigenvalue weighted by Gasteiger charge is 2.20. The Bertz CT molecular complexity index is 1220. The summed E-state index contributed by atoms with van der Waals surface area (Å²) in [6.07, 6.45) is 3.45. The Hall–Kier alpha value is -3.94. The molecule has 2 N–H and O–H groups in total. The molecule has 0 aliphatic carbocycles. The van der Waals surface area contributed by atoms with Crippen molar-refractivity contribution in [1.82, 2.24) is 19.6 Å². The Morgan fingerprint density at radius 3 is 2.73 bits per heavy atom. The smallest absolute Gasteiger partial charge is 0.298 e. The van der Waals surface area contributed by atoms with E-state index in [1.54, 1.807) is 22.8 Å². The van der Waals surface area contributed by atoms with E-state index < -0.39 is 5.91 Å². The van der Waals surface area contributed by atoms with Crippen LogP contribution >= 0.6 is 0 Å². The molecule has 0 saturated heterocycles. The number of H-pyrrole nitrogens is 1. The van der Waals surface area contributed by atoms with Gasteiger partial charge in [-0.3, -0.25) is 9.59 Å². The number of aromatic nitrogens is 4. The third-order valence-corrected chi connectivity index (χ3v) is 4.70. The lowest BCUT2D eigenvalue weighted by atomic mass is 9.86. The molecule has 4 rings (SSSR count). The minimum absolute atomic E-state index is 0.153. The molecule has 1 amide bonds. The number of carbonyl (C=O) groups excluding carboxylic acids is 2. The quantitative estimate of drug-likeness (QED) is 0.494. The van der Waals surface area contributed by atoms with Crippen LogP contribution in [0.5, 0.6) is 5.75 Å². The molecular formula is C22H21N5O3. The van der Waals surface area contributed by atoms with Crippen LogP contribution in [0.4, 0.5) is 5.82 Å². The van der Waals surface area contributed by atoms with E-state index in [1.165, 1.54) is 0 Å². The van der Waals surface area contributed by atoms with E-state index in [1.807, 2.05) is 57.3 Å². The Kier molecular flexibility index (Phi) is 4.83. The van der Waals surface area contributed by atoms with Crippen molar-refractivity contribution in [3.05, 3.63) is 66.0 Å². The number of hydrogen-bond acceptors (Lipinski definition) is 5. The van der Waals surface area contributed by atoms with Crippen molar-refractivity contribution in [1.29, 1.82) is 0 Å². The number of fused-ring (bicyclic) bond motifs is 1. The highest BCUT2D eigenvalue weighted by molar-refractivity contribution is 6.06. The molecule has 4 aromatic rings. The maximum absolute atomic E-state index is 12.8.